The first-order chi connectivity index (χ1) is 8.54. The Hall–Kier alpha value is -1.95. The minimum absolute atomic E-state index is 0.107. The third kappa shape index (κ3) is 4.14. The van der Waals surface area contributed by atoms with E-state index < -0.39 is 23.7 Å². The Labute approximate surface area is 104 Å². The van der Waals surface area contributed by atoms with Crippen LogP contribution < -0.4 is 10.6 Å². The Bertz CT molecular complexity index is 437. The molecule has 0 aliphatic heterocycles. The van der Waals surface area contributed by atoms with Crippen LogP contribution in [0.2, 0.25) is 0 Å². The van der Waals surface area contributed by atoms with E-state index in [2.05, 4.69) is 15.4 Å². The summed E-state index contributed by atoms with van der Waals surface area (Å²) in [5.41, 5.74) is 0.107. The fraction of sp³-hybridized carbons (Fsp3) is 0.333. The van der Waals surface area contributed by atoms with Gasteiger partial charge in [-0.2, -0.15) is 0 Å². The van der Waals surface area contributed by atoms with Gasteiger partial charge >= 0.3 is 5.97 Å². The number of halogens is 1. The van der Waals surface area contributed by atoms with Crippen molar-refractivity contribution in [2.24, 2.45) is 0 Å². The maximum Gasteiger partial charge on any atom is 0.322 e. The Morgan fingerprint density at radius 1 is 1.39 bits per heavy atom. The molecule has 0 saturated heterocycles. The fourth-order valence-electron chi connectivity index (χ4n) is 1.26. The third-order valence-corrected chi connectivity index (χ3v) is 2.27. The van der Waals surface area contributed by atoms with Gasteiger partial charge in [-0.15, -0.1) is 0 Å². The van der Waals surface area contributed by atoms with E-state index in [-0.39, 0.29) is 12.2 Å². The summed E-state index contributed by atoms with van der Waals surface area (Å²) < 4.78 is 17.7. The van der Waals surface area contributed by atoms with Crippen LogP contribution in [0.4, 0.5) is 10.1 Å². The summed E-state index contributed by atoms with van der Waals surface area (Å²) in [6.45, 7) is 1.47. The average Bonchev–Trinajstić information content (AvgIpc) is 2.37. The van der Waals surface area contributed by atoms with Crippen molar-refractivity contribution in [3.63, 3.8) is 0 Å². The quantitative estimate of drug-likeness (QED) is 0.767. The normalized spacial score (nSPS) is 11.7. The van der Waals surface area contributed by atoms with E-state index in [9.17, 15) is 14.0 Å². The van der Waals surface area contributed by atoms with Crippen LogP contribution in [-0.2, 0) is 14.3 Å². The van der Waals surface area contributed by atoms with E-state index in [4.69, 9.17) is 0 Å². The first-order valence-corrected chi connectivity index (χ1v) is 5.40. The Kier molecular flexibility index (Phi) is 5.26. The lowest BCUT2D eigenvalue weighted by molar-refractivity contribution is -0.142. The molecule has 1 aromatic rings. The van der Waals surface area contributed by atoms with E-state index in [0.29, 0.717) is 0 Å². The summed E-state index contributed by atoms with van der Waals surface area (Å²) in [5, 5.41) is 5.06. The number of methoxy groups -OCH3 is 1. The molecule has 1 aromatic carbocycles. The predicted molar refractivity (Wildman–Crippen MR) is 64.5 cm³/mol. The first kappa shape index (κ1) is 14.1. The molecular formula is C12H15FN2O3. The summed E-state index contributed by atoms with van der Waals surface area (Å²) in [6.07, 6.45) is 0. The molecule has 0 saturated carbocycles. The zero-order valence-corrected chi connectivity index (χ0v) is 10.2. The molecule has 0 aromatic heterocycles. The lowest BCUT2D eigenvalue weighted by Gasteiger charge is -2.11. The topological polar surface area (TPSA) is 67.4 Å². The first-order valence-electron chi connectivity index (χ1n) is 5.40. The van der Waals surface area contributed by atoms with Crippen LogP contribution in [0.15, 0.2) is 24.3 Å². The number of ether oxygens (including phenoxy) is 1. The van der Waals surface area contributed by atoms with Crippen molar-refractivity contribution in [3.8, 4) is 0 Å². The van der Waals surface area contributed by atoms with E-state index in [1.54, 1.807) is 13.0 Å². The molecular weight excluding hydrogens is 239 g/mol. The lowest BCUT2D eigenvalue weighted by Crippen LogP contribution is -2.39. The minimum Gasteiger partial charge on any atom is -0.468 e. The van der Waals surface area contributed by atoms with Crippen molar-refractivity contribution in [2.75, 3.05) is 19.0 Å². The number of hydrogen-bond acceptors (Lipinski definition) is 4. The molecule has 0 bridgehead atoms. The van der Waals surface area contributed by atoms with Crippen molar-refractivity contribution in [1.29, 1.82) is 0 Å². The summed E-state index contributed by atoms with van der Waals surface area (Å²) in [5.74, 6) is -1.41. The molecule has 5 nitrogen and oxygen atoms in total. The smallest absolute Gasteiger partial charge is 0.322 e. The number of amides is 1. The molecule has 0 heterocycles. The van der Waals surface area contributed by atoms with Crippen LogP contribution in [0.3, 0.4) is 0 Å². The fourth-order valence-corrected chi connectivity index (χ4v) is 1.26. The molecule has 1 rings (SSSR count). The molecule has 1 atom stereocenters. The van der Waals surface area contributed by atoms with Crippen molar-refractivity contribution in [3.05, 3.63) is 30.1 Å². The van der Waals surface area contributed by atoms with Crippen LogP contribution in [-0.4, -0.2) is 31.6 Å². The van der Waals surface area contributed by atoms with Crippen molar-refractivity contribution < 1.29 is 18.7 Å². The van der Waals surface area contributed by atoms with Gasteiger partial charge in [0.05, 0.1) is 19.3 Å². The molecule has 0 aliphatic rings. The van der Waals surface area contributed by atoms with Crippen molar-refractivity contribution in [2.45, 2.75) is 13.0 Å². The highest BCUT2D eigenvalue weighted by molar-refractivity contribution is 5.92. The lowest BCUT2D eigenvalue weighted by atomic mass is 10.3. The monoisotopic (exact) mass is 254 g/mol. The summed E-state index contributed by atoms with van der Waals surface area (Å²) in [4.78, 5) is 22.5. The Morgan fingerprint density at radius 2 is 2.06 bits per heavy atom. The van der Waals surface area contributed by atoms with Gasteiger partial charge in [0, 0.05) is 0 Å². The van der Waals surface area contributed by atoms with Crippen LogP contribution in [0.1, 0.15) is 6.92 Å². The maximum atomic E-state index is 13.2. The number of esters is 1. The minimum atomic E-state index is -0.596. The predicted octanol–water partition coefficient (Wildman–Crippen LogP) is 0.915. The molecule has 0 spiro atoms. The SMILES string of the molecule is COC(=O)C(C)NCC(=O)Nc1ccccc1F. The number of carbonyl (C=O) groups excluding carboxylic acids is 2. The number of nitrogens with one attached hydrogen (secondary N) is 2. The van der Waals surface area contributed by atoms with E-state index >= 15 is 0 Å². The summed E-state index contributed by atoms with van der Waals surface area (Å²) >= 11 is 0. The van der Waals surface area contributed by atoms with Gasteiger partial charge < -0.3 is 10.1 Å². The van der Waals surface area contributed by atoms with Gasteiger partial charge in [-0.25, -0.2) is 4.39 Å². The van der Waals surface area contributed by atoms with Gasteiger partial charge in [0.2, 0.25) is 5.91 Å². The van der Waals surface area contributed by atoms with Gasteiger partial charge in [0.15, 0.2) is 0 Å². The molecule has 1 unspecified atom stereocenters. The van der Waals surface area contributed by atoms with Gasteiger partial charge in [0.25, 0.3) is 0 Å². The maximum absolute atomic E-state index is 13.2. The standard InChI is InChI=1S/C12H15FN2O3/c1-8(12(17)18-2)14-7-11(16)15-10-6-4-3-5-9(10)13/h3-6,8,14H,7H2,1-2H3,(H,15,16). The number of benzene rings is 1. The third-order valence-electron chi connectivity index (χ3n) is 2.27. The molecule has 18 heavy (non-hydrogen) atoms. The van der Waals surface area contributed by atoms with Crippen LogP contribution in [0.5, 0.6) is 0 Å². The number of rotatable bonds is 5. The van der Waals surface area contributed by atoms with Gasteiger partial charge in [0.1, 0.15) is 11.9 Å². The second kappa shape index (κ2) is 6.70. The largest absolute Gasteiger partial charge is 0.468 e. The molecule has 0 fully saturated rings. The van der Waals surface area contributed by atoms with Crippen LogP contribution in [0.25, 0.3) is 0 Å². The van der Waals surface area contributed by atoms with Gasteiger partial charge in [-0.3, -0.25) is 14.9 Å². The molecule has 2 N–H and O–H groups in total. The zero-order chi connectivity index (χ0) is 13.5. The molecule has 0 aliphatic carbocycles. The van der Waals surface area contributed by atoms with E-state index in [1.165, 1.54) is 25.3 Å². The molecule has 1 amide bonds. The Morgan fingerprint density at radius 3 is 2.67 bits per heavy atom. The van der Waals surface area contributed by atoms with Crippen molar-refractivity contribution in [1.82, 2.24) is 5.32 Å². The molecule has 6 heteroatoms. The van der Waals surface area contributed by atoms with E-state index in [1.807, 2.05) is 0 Å². The molecule has 0 radical (unpaired) electrons. The number of carbonyl (C=O) groups is 2. The van der Waals surface area contributed by atoms with Crippen LogP contribution in [0, 0.1) is 5.82 Å². The number of para-hydroxylation sites is 1. The average molecular weight is 254 g/mol. The summed E-state index contributed by atoms with van der Waals surface area (Å²) in [6, 6.07) is 5.25. The van der Waals surface area contributed by atoms with Gasteiger partial charge in [-0.05, 0) is 19.1 Å². The van der Waals surface area contributed by atoms with Crippen molar-refractivity contribution >= 4 is 17.6 Å². The second-order valence-electron chi connectivity index (χ2n) is 3.65. The number of anilines is 1. The zero-order valence-electron chi connectivity index (χ0n) is 10.2. The molecule has 98 valence electrons. The summed E-state index contributed by atoms with van der Waals surface area (Å²) in [7, 11) is 1.26. The van der Waals surface area contributed by atoms with Gasteiger partial charge in [-0.1, -0.05) is 12.1 Å². The van der Waals surface area contributed by atoms with E-state index in [0.717, 1.165) is 0 Å². The highest BCUT2D eigenvalue weighted by Crippen LogP contribution is 2.11. The second-order valence-corrected chi connectivity index (χ2v) is 3.65. The van der Waals surface area contributed by atoms with Crippen LogP contribution >= 0.6 is 0 Å². The Balaban J connectivity index is 2.43. The highest BCUT2D eigenvalue weighted by atomic mass is 19.1. The number of hydrogen-bond donors (Lipinski definition) is 2. The highest BCUT2D eigenvalue weighted by Gasteiger charge is 2.14.